The summed E-state index contributed by atoms with van der Waals surface area (Å²) in [6.07, 6.45) is 13.7. The Bertz CT molecular complexity index is 229. The summed E-state index contributed by atoms with van der Waals surface area (Å²) in [7, 11) is 0. The number of rotatable bonds is 12. The summed E-state index contributed by atoms with van der Waals surface area (Å²) >= 11 is 0. The minimum absolute atomic E-state index is 0.264. The summed E-state index contributed by atoms with van der Waals surface area (Å²) in [5.41, 5.74) is 0. The van der Waals surface area contributed by atoms with Gasteiger partial charge in [0.2, 0.25) is 0 Å². The molecule has 1 aliphatic heterocycles. The highest BCUT2D eigenvalue weighted by Gasteiger charge is 2.40. The van der Waals surface area contributed by atoms with Gasteiger partial charge in [0.15, 0.2) is 5.79 Å². The van der Waals surface area contributed by atoms with Crippen molar-refractivity contribution in [3.05, 3.63) is 0 Å². The second-order valence-electron chi connectivity index (χ2n) is 6.84. The van der Waals surface area contributed by atoms with Crippen molar-refractivity contribution in [1.82, 2.24) is 0 Å². The molecule has 3 heteroatoms. The second kappa shape index (κ2) is 10.6. The maximum absolute atomic E-state index is 8.80. The van der Waals surface area contributed by atoms with Crippen LogP contribution in [0.3, 0.4) is 0 Å². The zero-order valence-electron chi connectivity index (χ0n) is 14.4. The molecule has 1 N–H and O–H groups in total. The highest BCUT2D eigenvalue weighted by atomic mass is 16.7. The number of hydrogen-bond donors (Lipinski definition) is 1. The van der Waals surface area contributed by atoms with Crippen molar-refractivity contribution in [3.63, 3.8) is 0 Å². The van der Waals surface area contributed by atoms with Crippen LogP contribution >= 0.6 is 0 Å². The maximum atomic E-state index is 8.80. The van der Waals surface area contributed by atoms with Crippen LogP contribution in [0.4, 0.5) is 0 Å². The van der Waals surface area contributed by atoms with Crippen molar-refractivity contribution in [3.8, 4) is 0 Å². The summed E-state index contributed by atoms with van der Waals surface area (Å²) < 4.78 is 12.2. The molecule has 0 aliphatic carbocycles. The zero-order valence-corrected chi connectivity index (χ0v) is 14.4. The van der Waals surface area contributed by atoms with Crippen molar-refractivity contribution in [2.45, 2.75) is 109 Å². The van der Waals surface area contributed by atoms with E-state index in [2.05, 4.69) is 6.92 Å². The highest BCUT2D eigenvalue weighted by Crippen LogP contribution is 2.33. The van der Waals surface area contributed by atoms with Crippen LogP contribution in [-0.2, 0) is 9.47 Å². The van der Waals surface area contributed by atoms with Gasteiger partial charge in [-0.3, -0.25) is 0 Å². The van der Waals surface area contributed by atoms with Crippen LogP contribution in [0, 0.1) is 0 Å². The van der Waals surface area contributed by atoms with Gasteiger partial charge in [-0.1, -0.05) is 58.3 Å². The van der Waals surface area contributed by atoms with Crippen LogP contribution in [0.15, 0.2) is 0 Å². The molecule has 0 aromatic rings. The summed E-state index contributed by atoms with van der Waals surface area (Å²) in [5.74, 6) is -0.413. The Hall–Kier alpha value is -0.120. The predicted octanol–water partition coefficient (Wildman–Crippen LogP) is 4.81. The first-order valence-corrected chi connectivity index (χ1v) is 9.05. The van der Waals surface area contributed by atoms with E-state index in [-0.39, 0.29) is 12.2 Å². The topological polar surface area (TPSA) is 38.7 Å². The molecule has 1 heterocycles. The van der Waals surface area contributed by atoms with Crippen molar-refractivity contribution >= 4 is 0 Å². The molecular formula is C18H36O3. The Kier molecular flexibility index (Phi) is 9.54. The SMILES string of the molecule is CCCCCCC[C@@H]1OC(C)(C)O[C@H]1CCCCCCO. The first-order chi connectivity index (χ1) is 10.1. The minimum Gasteiger partial charge on any atom is -0.396 e. The molecule has 1 fully saturated rings. The lowest BCUT2D eigenvalue weighted by molar-refractivity contribution is -0.147. The number of hydrogen-bond acceptors (Lipinski definition) is 3. The molecule has 1 saturated heterocycles. The number of ether oxygens (including phenoxy) is 2. The maximum Gasteiger partial charge on any atom is 0.163 e. The summed E-state index contributed by atoms with van der Waals surface area (Å²) in [4.78, 5) is 0. The third kappa shape index (κ3) is 8.18. The van der Waals surface area contributed by atoms with E-state index in [0.29, 0.717) is 6.61 Å². The van der Waals surface area contributed by atoms with E-state index in [1.807, 2.05) is 13.8 Å². The fraction of sp³-hybridized carbons (Fsp3) is 1.00. The molecule has 0 bridgehead atoms. The van der Waals surface area contributed by atoms with Gasteiger partial charge >= 0.3 is 0 Å². The lowest BCUT2D eigenvalue weighted by atomic mass is 10.0. The van der Waals surface area contributed by atoms with Gasteiger partial charge in [-0.05, 0) is 33.1 Å². The standard InChI is InChI=1S/C18H36O3/c1-4-5-6-7-10-13-16-17(21-18(2,3)20-16)14-11-8-9-12-15-19/h16-17,19H,4-15H2,1-3H3/t16-,17-/m0/s1. The van der Waals surface area contributed by atoms with Crippen LogP contribution in [0.5, 0.6) is 0 Å². The molecular weight excluding hydrogens is 264 g/mol. The summed E-state index contributed by atoms with van der Waals surface area (Å²) in [6.45, 7) is 6.63. The van der Waals surface area contributed by atoms with E-state index in [0.717, 1.165) is 25.7 Å². The normalized spacial score (nSPS) is 24.6. The van der Waals surface area contributed by atoms with Crippen LogP contribution in [0.25, 0.3) is 0 Å². The molecule has 0 spiro atoms. The third-order valence-electron chi connectivity index (χ3n) is 4.27. The second-order valence-corrected chi connectivity index (χ2v) is 6.84. The van der Waals surface area contributed by atoms with E-state index in [9.17, 15) is 0 Å². The monoisotopic (exact) mass is 300 g/mol. The van der Waals surface area contributed by atoms with Gasteiger partial charge in [0.25, 0.3) is 0 Å². The Morgan fingerprint density at radius 2 is 1.24 bits per heavy atom. The van der Waals surface area contributed by atoms with E-state index < -0.39 is 5.79 Å². The van der Waals surface area contributed by atoms with Gasteiger partial charge < -0.3 is 14.6 Å². The average Bonchev–Trinajstić information content (AvgIpc) is 2.73. The van der Waals surface area contributed by atoms with Crippen LogP contribution in [-0.4, -0.2) is 29.7 Å². The highest BCUT2D eigenvalue weighted by molar-refractivity contribution is 4.81. The van der Waals surface area contributed by atoms with Gasteiger partial charge in [-0.25, -0.2) is 0 Å². The lowest BCUT2D eigenvalue weighted by Gasteiger charge is -2.16. The number of unbranched alkanes of at least 4 members (excludes halogenated alkanes) is 7. The molecule has 3 nitrogen and oxygen atoms in total. The quantitative estimate of drug-likeness (QED) is 0.526. The molecule has 0 aromatic carbocycles. The van der Waals surface area contributed by atoms with Crippen molar-refractivity contribution in [1.29, 1.82) is 0 Å². The van der Waals surface area contributed by atoms with Gasteiger partial charge in [0.1, 0.15) is 0 Å². The lowest BCUT2D eigenvalue weighted by Crippen LogP contribution is -2.22. The van der Waals surface area contributed by atoms with Crippen molar-refractivity contribution < 1.29 is 14.6 Å². The fourth-order valence-corrected chi connectivity index (χ4v) is 3.16. The number of aliphatic hydroxyl groups excluding tert-OH is 1. The Balaban J connectivity index is 2.22. The van der Waals surface area contributed by atoms with Gasteiger partial charge in [-0.2, -0.15) is 0 Å². The van der Waals surface area contributed by atoms with Gasteiger partial charge in [0, 0.05) is 6.61 Å². The fourth-order valence-electron chi connectivity index (χ4n) is 3.16. The average molecular weight is 300 g/mol. The molecule has 126 valence electrons. The Morgan fingerprint density at radius 3 is 1.71 bits per heavy atom. The van der Waals surface area contributed by atoms with Crippen LogP contribution in [0.1, 0.15) is 91.4 Å². The molecule has 0 radical (unpaired) electrons. The van der Waals surface area contributed by atoms with Crippen molar-refractivity contribution in [2.24, 2.45) is 0 Å². The molecule has 0 amide bonds. The Labute approximate surface area is 131 Å². The molecule has 1 rings (SSSR count). The van der Waals surface area contributed by atoms with E-state index in [1.54, 1.807) is 0 Å². The first kappa shape index (κ1) is 18.9. The largest absolute Gasteiger partial charge is 0.396 e. The summed E-state index contributed by atoms with van der Waals surface area (Å²) in [5, 5.41) is 8.80. The molecule has 0 unspecified atom stereocenters. The van der Waals surface area contributed by atoms with Gasteiger partial charge in [0.05, 0.1) is 12.2 Å². The smallest absolute Gasteiger partial charge is 0.163 e. The zero-order chi connectivity index (χ0) is 15.6. The minimum atomic E-state index is -0.413. The molecule has 1 aliphatic rings. The summed E-state index contributed by atoms with van der Waals surface area (Å²) in [6, 6.07) is 0. The van der Waals surface area contributed by atoms with Gasteiger partial charge in [-0.15, -0.1) is 0 Å². The van der Waals surface area contributed by atoms with E-state index in [4.69, 9.17) is 14.6 Å². The molecule has 0 saturated carbocycles. The number of aliphatic hydroxyl groups is 1. The molecule has 21 heavy (non-hydrogen) atoms. The third-order valence-corrected chi connectivity index (χ3v) is 4.27. The van der Waals surface area contributed by atoms with Crippen LogP contribution in [0.2, 0.25) is 0 Å². The van der Waals surface area contributed by atoms with Crippen molar-refractivity contribution in [2.75, 3.05) is 6.61 Å². The van der Waals surface area contributed by atoms with E-state index in [1.165, 1.54) is 44.9 Å². The predicted molar refractivity (Wildman–Crippen MR) is 87.4 cm³/mol. The van der Waals surface area contributed by atoms with Crippen LogP contribution < -0.4 is 0 Å². The van der Waals surface area contributed by atoms with E-state index >= 15 is 0 Å². The Morgan fingerprint density at radius 1 is 0.762 bits per heavy atom. The first-order valence-electron chi connectivity index (χ1n) is 9.05. The molecule has 2 atom stereocenters. The molecule has 0 aromatic heterocycles.